The monoisotopic (exact) mass is 1070 g/mol. The van der Waals surface area contributed by atoms with Crippen LogP contribution in [0.1, 0.15) is 79.1 Å². The molecule has 0 amide bonds. The maximum atomic E-state index is 6.89. The van der Waals surface area contributed by atoms with Crippen molar-refractivity contribution in [3.05, 3.63) is 211 Å². The normalized spacial score (nSPS) is 12.1. The Morgan fingerprint density at radius 3 is 1.65 bits per heavy atom. The molecule has 0 spiro atoms. The van der Waals surface area contributed by atoms with Crippen LogP contribution in [0.25, 0.3) is 72.4 Å². The summed E-state index contributed by atoms with van der Waals surface area (Å²) >= 11 is 0. The molecular weight excluding hydrogens is 1010 g/mol. The molecular formula is C62H56N4OPt-2. The summed E-state index contributed by atoms with van der Waals surface area (Å²) in [7, 11) is 0. The zero-order valence-corrected chi connectivity index (χ0v) is 42.5. The summed E-state index contributed by atoms with van der Waals surface area (Å²) in [4.78, 5) is 4.95. The number of ether oxygens (including phenoxy) is 1. The summed E-state index contributed by atoms with van der Waals surface area (Å²) in [5.41, 5.74) is 13.8. The van der Waals surface area contributed by atoms with Crippen molar-refractivity contribution in [3.63, 3.8) is 0 Å². The second-order valence-corrected chi connectivity index (χ2v) is 20.7. The van der Waals surface area contributed by atoms with Gasteiger partial charge in [-0.05, 0) is 103 Å². The molecule has 0 saturated carbocycles. The minimum Gasteiger partial charge on any atom is -0.510 e. The Labute approximate surface area is 416 Å². The number of hydrogen-bond donors (Lipinski definition) is 0. The number of hydrogen-bond acceptors (Lipinski definition) is 2. The zero-order valence-electron chi connectivity index (χ0n) is 40.3. The number of aromatic nitrogens is 4. The Hall–Kier alpha value is -6.81. The maximum Gasteiger partial charge on any atom is 0.267 e. The van der Waals surface area contributed by atoms with Gasteiger partial charge in [-0.1, -0.05) is 171 Å². The van der Waals surface area contributed by atoms with E-state index < -0.39 is 0 Å². The van der Waals surface area contributed by atoms with Gasteiger partial charge >= 0.3 is 0 Å². The first kappa shape index (κ1) is 46.3. The molecule has 10 aromatic rings. The zero-order chi connectivity index (χ0) is 46.7. The minimum absolute atomic E-state index is 0. The molecule has 0 aliphatic rings. The van der Waals surface area contributed by atoms with Crippen LogP contribution in [-0.2, 0) is 37.3 Å². The first-order chi connectivity index (χ1) is 32.1. The predicted octanol–water partition coefficient (Wildman–Crippen LogP) is 15.3. The predicted molar refractivity (Wildman–Crippen MR) is 275 cm³/mol. The fourth-order valence-corrected chi connectivity index (χ4v) is 8.88. The number of imidazole rings is 1. The SMILES string of the molecule is CC(C)(C)c1ccnc(-n2c3[c-]c(Oc4[c-]c(-n5[c-][n+](-c6cc(-c7ccccc7)cc(-c7ccccc7)c6)c(C(C)(C)C)c5)cc(-c5ccccc5)c4)ccc3c3cc(C(C)(C)C)ccc32)c1.[Pt]. The van der Waals surface area contributed by atoms with Gasteiger partial charge in [-0.25, -0.2) is 4.98 Å². The molecule has 68 heavy (non-hydrogen) atoms. The summed E-state index contributed by atoms with van der Waals surface area (Å²) in [6, 6.07) is 65.3. The van der Waals surface area contributed by atoms with Gasteiger partial charge in [-0.2, -0.15) is 12.1 Å². The molecule has 3 aromatic heterocycles. The van der Waals surface area contributed by atoms with E-state index >= 15 is 0 Å². The Kier molecular flexibility index (Phi) is 12.3. The quantitative estimate of drug-likeness (QED) is 0.112. The van der Waals surface area contributed by atoms with Crippen LogP contribution < -0.4 is 9.30 Å². The van der Waals surface area contributed by atoms with Crippen molar-refractivity contribution < 1.29 is 30.4 Å². The van der Waals surface area contributed by atoms with Gasteiger partial charge in [0.1, 0.15) is 5.82 Å². The summed E-state index contributed by atoms with van der Waals surface area (Å²) in [5, 5.41) is 2.25. The van der Waals surface area contributed by atoms with Crippen molar-refractivity contribution in [2.24, 2.45) is 0 Å². The largest absolute Gasteiger partial charge is 0.510 e. The Balaban J connectivity index is 0.00000578. The molecule has 0 unspecified atom stereocenters. The number of rotatable bonds is 8. The van der Waals surface area contributed by atoms with E-state index in [-0.39, 0.29) is 37.3 Å². The van der Waals surface area contributed by atoms with Crippen molar-refractivity contribution in [2.45, 2.75) is 78.6 Å². The van der Waals surface area contributed by atoms with E-state index in [2.05, 4.69) is 252 Å². The molecule has 0 N–H and O–H groups in total. The molecule has 10 rings (SSSR count). The molecule has 0 radical (unpaired) electrons. The van der Waals surface area contributed by atoms with E-state index in [4.69, 9.17) is 9.72 Å². The standard InChI is InChI=1S/C62H56N4O.Pt/c1-60(2,3)48-25-28-56-55(36-48)54-27-26-52(39-57(54)66(56)59-37-49(29-30-63-59)61(4,5)6)67-53-35-47(44-23-17-12-18-24-44)32-50(38-53)64-40-58(62(7,8)9)65(41-64)51-33-45(42-19-13-10-14-20-42)31-46(34-51)43-21-15-11-16-22-43;/h10-37,40H,1-9H3;/q-2;. The molecule has 0 fully saturated rings. The maximum absolute atomic E-state index is 6.89. The molecule has 0 aliphatic carbocycles. The number of nitrogens with zero attached hydrogens (tertiary/aromatic N) is 4. The third-order valence-corrected chi connectivity index (χ3v) is 12.6. The van der Waals surface area contributed by atoms with Crippen LogP contribution in [0, 0.1) is 18.5 Å². The van der Waals surface area contributed by atoms with E-state index in [1.807, 2.05) is 18.3 Å². The molecule has 5 nitrogen and oxygen atoms in total. The van der Waals surface area contributed by atoms with Crippen molar-refractivity contribution in [2.75, 3.05) is 0 Å². The van der Waals surface area contributed by atoms with Gasteiger partial charge in [0.05, 0.1) is 11.4 Å². The van der Waals surface area contributed by atoms with Crippen LogP contribution in [0.5, 0.6) is 11.5 Å². The average Bonchev–Trinajstić information content (AvgIpc) is 3.92. The van der Waals surface area contributed by atoms with Gasteiger partial charge in [-0.15, -0.1) is 35.2 Å². The summed E-state index contributed by atoms with van der Waals surface area (Å²) < 4.78 is 13.4. The molecule has 3 heterocycles. The molecule has 0 atom stereocenters. The second kappa shape index (κ2) is 18.0. The molecule has 0 bridgehead atoms. The van der Waals surface area contributed by atoms with Gasteiger partial charge in [0.15, 0.2) is 0 Å². The van der Waals surface area contributed by atoms with Crippen molar-refractivity contribution in [1.82, 2.24) is 14.1 Å². The van der Waals surface area contributed by atoms with Gasteiger partial charge in [-0.3, -0.25) is 4.57 Å². The van der Waals surface area contributed by atoms with E-state index in [1.165, 1.54) is 11.1 Å². The van der Waals surface area contributed by atoms with Crippen LogP contribution in [-0.4, -0.2) is 14.1 Å². The van der Waals surface area contributed by atoms with Crippen LogP contribution in [0.15, 0.2) is 176 Å². The van der Waals surface area contributed by atoms with Gasteiger partial charge in [0.25, 0.3) is 6.33 Å². The average molecular weight is 1070 g/mol. The second-order valence-electron chi connectivity index (χ2n) is 20.7. The number of fused-ring (bicyclic) bond motifs is 3. The molecule has 0 aliphatic heterocycles. The minimum atomic E-state index is -0.231. The number of pyridine rings is 1. The smallest absolute Gasteiger partial charge is 0.267 e. The van der Waals surface area contributed by atoms with E-state index in [1.54, 1.807) is 0 Å². The van der Waals surface area contributed by atoms with Crippen LogP contribution in [0.2, 0.25) is 0 Å². The summed E-state index contributed by atoms with van der Waals surface area (Å²) in [5.74, 6) is 2.00. The Bertz CT molecular complexity index is 3360. The van der Waals surface area contributed by atoms with E-state index in [0.29, 0.717) is 11.5 Å². The van der Waals surface area contributed by atoms with Crippen molar-refractivity contribution in [3.8, 4) is 62.1 Å². The number of benzene rings is 7. The molecule has 6 heteroatoms. The van der Waals surface area contributed by atoms with Crippen LogP contribution in [0.4, 0.5) is 0 Å². The fraction of sp³-hybridized carbons (Fsp3) is 0.194. The topological polar surface area (TPSA) is 35.9 Å². The van der Waals surface area contributed by atoms with Gasteiger partial charge < -0.3 is 13.9 Å². The Morgan fingerprint density at radius 1 is 0.500 bits per heavy atom. The first-order valence-electron chi connectivity index (χ1n) is 23.2. The van der Waals surface area contributed by atoms with Gasteiger partial charge in [0.2, 0.25) is 0 Å². The molecule has 0 saturated heterocycles. The summed E-state index contributed by atoms with van der Waals surface area (Å²) in [6.45, 7) is 20.2. The van der Waals surface area contributed by atoms with Gasteiger partial charge in [0, 0.05) is 50.5 Å². The van der Waals surface area contributed by atoms with Crippen LogP contribution in [0.3, 0.4) is 0 Å². The summed E-state index contributed by atoms with van der Waals surface area (Å²) in [6.07, 6.45) is 7.87. The third kappa shape index (κ3) is 9.25. The third-order valence-electron chi connectivity index (χ3n) is 12.6. The van der Waals surface area contributed by atoms with Crippen molar-refractivity contribution in [1.29, 1.82) is 0 Å². The van der Waals surface area contributed by atoms with E-state index in [9.17, 15) is 0 Å². The molecule has 342 valence electrons. The van der Waals surface area contributed by atoms with Crippen LogP contribution >= 0.6 is 0 Å². The fourth-order valence-electron chi connectivity index (χ4n) is 8.88. The molecule has 7 aromatic carbocycles. The first-order valence-corrected chi connectivity index (χ1v) is 23.2. The Morgan fingerprint density at radius 2 is 1.07 bits per heavy atom. The van der Waals surface area contributed by atoms with E-state index in [0.717, 1.165) is 78.1 Å². The van der Waals surface area contributed by atoms with Crippen molar-refractivity contribution >= 4 is 21.8 Å².